The Morgan fingerprint density at radius 3 is 3.05 bits per heavy atom. The van der Waals surface area contributed by atoms with Gasteiger partial charge in [-0.05, 0) is 17.7 Å². The van der Waals surface area contributed by atoms with Crippen molar-refractivity contribution in [2.24, 2.45) is 0 Å². The topological polar surface area (TPSA) is 49.8 Å². The predicted molar refractivity (Wildman–Crippen MR) is 68.7 cm³/mol. The Morgan fingerprint density at radius 2 is 2.37 bits per heavy atom. The van der Waals surface area contributed by atoms with Gasteiger partial charge in [-0.1, -0.05) is 17.7 Å². The van der Waals surface area contributed by atoms with Crippen LogP contribution in [0, 0.1) is 5.82 Å². The van der Waals surface area contributed by atoms with E-state index in [-0.39, 0.29) is 17.5 Å². The molecule has 0 bridgehead atoms. The van der Waals surface area contributed by atoms with Crippen molar-refractivity contribution in [1.82, 2.24) is 4.90 Å². The van der Waals surface area contributed by atoms with Gasteiger partial charge in [-0.15, -0.1) is 0 Å². The maximum absolute atomic E-state index is 13.1. The van der Waals surface area contributed by atoms with Crippen LogP contribution in [0.2, 0.25) is 5.02 Å². The van der Waals surface area contributed by atoms with Crippen LogP contribution in [0.15, 0.2) is 18.2 Å². The molecule has 1 aliphatic heterocycles. The minimum absolute atomic E-state index is 0.000669. The zero-order valence-electron chi connectivity index (χ0n) is 10.3. The first-order valence-corrected chi connectivity index (χ1v) is 6.42. The molecule has 19 heavy (non-hydrogen) atoms. The lowest BCUT2D eigenvalue weighted by atomic mass is 10.1. The van der Waals surface area contributed by atoms with Gasteiger partial charge in [0.25, 0.3) is 0 Å². The van der Waals surface area contributed by atoms with Gasteiger partial charge in [-0.2, -0.15) is 0 Å². The number of rotatable bonds is 4. The highest BCUT2D eigenvalue weighted by atomic mass is 35.5. The van der Waals surface area contributed by atoms with Crippen LogP contribution in [-0.2, 0) is 16.1 Å². The van der Waals surface area contributed by atoms with Gasteiger partial charge in [-0.3, -0.25) is 9.69 Å². The van der Waals surface area contributed by atoms with E-state index in [1.165, 1.54) is 6.07 Å². The lowest BCUT2D eigenvalue weighted by Crippen LogP contribution is -2.42. The third-order valence-corrected chi connectivity index (χ3v) is 3.31. The van der Waals surface area contributed by atoms with E-state index in [1.807, 2.05) is 0 Å². The van der Waals surface area contributed by atoms with Gasteiger partial charge in [0, 0.05) is 19.6 Å². The van der Waals surface area contributed by atoms with Crippen LogP contribution >= 0.6 is 11.6 Å². The van der Waals surface area contributed by atoms with Crippen LogP contribution in [0.3, 0.4) is 0 Å². The van der Waals surface area contributed by atoms with Gasteiger partial charge in [0.05, 0.1) is 24.2 Å². The van der Waals surface area contributed by atoms with Crippen molar-refractivity contribution >= 4 is 17.6 Å². The van der Waals surface area contributed by atoms with Crippen LogP contribution in [0.4, 0.5) is 4.39 Å². The van der Waals surface area contributed by atoms with Crippen LogP contribution in [0.5, 0.6) is 0 Å². The van der Waals surface area contributed by atoms with E-state index in [0.717, 1.165) is 12.1 Å². The zero-order valence-corrected chi connectivity index (χ0v) is 11.1. The molecule has 1 unspecified atom stereocenters. The summed E-state index contributed by atoms with van der Waals surface area (Å²) in [7, 11) is 0. The third-order valence-electron chi connectivity index (χ3n) is 3.02. The average molecular weight is 288 g/mol. The Bertz CT molecular complexity index is 469. The van der Waals surface area contributed by atoms with Gasteiger partial charge >= 0.3 is 5.97 Å². The summed E-state index contributed by atoms with van der Waals surface area (Å²) >= 11 is 5.73. The number of hydrogen-bond acceptors (Lipinski definition) is 3. The number of hydrogen-bond donors (Lipinski definition) is 1. The van der Waals surface area contributed by atoms with Gasteiger partial charge in [0.15, 0.2) is 0 Å². The molecule has 104 valence electrons. The van der Waals surface area contributed by atoms with E-state index in [2.05, 4.69) is 4.90 Å². The lowest BCUT2D eigenvalue weighted by Gasteiger charge is -2.32. The number of carboxylic acids is 1. The number of morpholine rings is 1. The predicted octanol–water partition coefficient (Wildman–Crippen LogP) is 2.15. The van der Waals surface area contributed by atoms with E-state index >= 15 is 0 Å². The zero-order chi connectivity index (χ0) is 13.8. The number of halogens is 2. The molecular formula is C13H15ClFNO3. The van der Waals surface area contributed by atoms with Gasteiger partial charge < -0.3 is 9.84 Å². The highest BCUT2D eigenvalue weighted by Crippen LogP contribution is 2.18. The fourth-order valence-electron chi connectivity index (χ4n) is 2.14. The molecule has 0 aromatic heterocycles. The first-order valence-electron chi connectivity index (χ1n) is 6.04. The van der Waals surface area contributed by atoms with Crippen molar-refractivity contribution < 1.29 is 19.0 Å². The number of ether oxygens (including phenoxy) is 1. The monoisotopic (exact) mass is 287 g/mol. The smallest absolute Gasteiger partial charge is 0.306 e. The molecule has 1 atom stereocenters. The fourth-order valence-corrected chi connectivity index (χ4v) is 2.34. The number of benzene rings is 1. The largest absolute Gasteiger partial charge is 0.481 e. The Hall–Kier alpha value is -1.17. The minimum atomic E-state index is -0.864. The highest BCUT2D eigenvalue weighted by Gasteiger charge is 2.22. The number of carbonyl (C=O) groups is 1. The second kappa shape index (κ2) is 6.32. The SMILES string of the molecule is O=C(O)CC1CN(Cc2ccc(F)c(Cl)c2)CCO1. The summed E-state index contributed by atoms with van der Waals surface area (Å²) in [5.74, 6) is -1.30. The number of aliphatic carboxylic acids is 1. The maximum atomic E-state index is 13.1. The average Bonchev–Trinajstić information content (AvgIpc) is 2.33. The summed E-state index contributed by atoms with van der Waals surface area (Å²) in [5, 5.41) is 8.86. The van der Waals surface area contributed by atoms with Crippen LogP contribution in [0.1, 0.15) is 12.0 Å². The first kappa shape index (κ1) is 14.2. The fraction of sp³-hybridized carbons (Fsp3) is 0.462. The molecule has 1 heterocycles. The van der Waals surface area contributed by atoms with Crippen LogP contribution < -0.4 is 0 Å². The summed E-state index contributed by atoms with van der Waals surface area (Å²) in [6, 6.07) is 4.62. The Labute approximate surface area is 115 Å². The molecular weight excluding hydrogens is 273 g/mol. The van der Waals surface area contributed by atoms with E-state index in [1.54, 1.807) is 12.1 Å². The summed E-state index contributed by atoms with van der Waals surface area (Å²) in [5.41, 5.74) is 0.905. The standard InChI is InChI=1S/C13H15ClFNO3/c14-11-5-9(1-2-12(11)15)7-16-3-4-19-10(8-16)6-13(17)18/h1-2,5,10H,3-4,6-8H2,(H,17,18). The minimum Gasteiger partial charge on any atom is -0.481 e. The van der Waals surface area contributed by atoms with E-state index in [0.29, 0.717) is 19.7 Å². The Balaban J connectivity index is 1.94. The Morgan fingerprint density at radius 1 is 1.58 bits per heavy atom. The van der Waals surface area contributed by atoms with Gasteiger partial charge in [-0.25, -0.2) is 4.39 Å². The normalized spacial score (nSPS) is 20.4. The van der Waals surface area contributed by atoms with Crippen LogP contribution in [-0.4, -0.2) is 41.8 Å². The highest BCUT2D eigenvalue weighted by molar-refractivity contribution is 6.30. The molecule has 0 radical (unpaired) electrons. The summed E-state index contributed by atoms with van der Waals surface area (Å²) < 4.78 is 18.4. The lowest BCUT2D eigenvalue weighted by molar-refractivity contribution is -0.142. The van der Waals surface area contributed by atoms with Crippen molar-refractivity contribution in [3.63, 3.8) is 0 Å². The maximum Gasteiger partial charge on any atom is 0.306 e. The first-order chi connectivity index (χ1) is 9.04. The summed E-state index contributed by atoms with van der Waals surface area (Å²) in [6.07, 6.45) is -0.289. The van der Waals surface area contributed by atoms with Gasteiger partial charge in [0.1, 0.15) is 5.82 Å². The summed E-state index contributed by atoms with van der Waals surface area (Å²) in [6.45, 7) is 2.40. The molecule has 0 aliphatic carbocycles. The van der Waals surface area contributed by atoms with Crippen molar-refractivity contribution in [1.29, 1.82) is 0 Å². The number of nitrogens with zero attached hydrogens (tertiary/aromatic N) is 1. The second-order valence-electron chi connectivity index (χ2n) is 4.57. The van der Waals surface area contributed by atoms with E-state index in [4.69, 9.17) is 21.4 Å². The third kappa shape index (κ3) is 4.16. The van der Waals surface area contributed by atoms with Crippen molar-refractivity contribution in [2.75, 3.05) is 19.7 Å². The molecule has 1 N–H and O–H groups in total. The molecule has 1 aliphatic rings. The quantitative estimate of drug-likeness (QED) is 0.922. The van der Waals surface area contributed by atoms with Crippen molar-refractivity contribution in [3.05, 3.63) is 34.6 Å². The molecule has 2 rings (SSSR count). The molecule has 0 spiro atoms. The molecule has 1 aromatic rings. The molecule has 0 amide bonds. The summed E-state index contributed by atoms with van der Waals surface area (Å²) in [4.78, 5) is 12.7. The Kier molecular flexibility index (Phi) is 4.74. The molecule has 4 nitrogen and oxygen atoms in total. The molecule has 6 heteroatoms. The number of carboxylic acid groups (broad SMARTS) is 1. The van der Waals surface area contributed by atoms with Gasteiger partial charge in [0.2, 0.25) is 0 Å². The molecule has 1 aromatic carbocycles. The van der Waals surface area contributed by atoms with Crippen LogP contribution in [0.25, 0.3) is 0 Å². The van der Waals surface area contributed by atoms with E-state index in [9.17, 15) is 9.18 Å². The van der Waals surface area contributed by atoms with E-state index < -0.39 is 11.8 Å². The van der Waals surface area contributed by atoms with Crippen molar-refractivity contribution in [2.45, 2.75) is 19.1 Å². The second-order valence-corrected chi connectivity index (χ2v) is 4.98. The molecule has 1 saturated heterocycles. The molecule has 0 saturated carbocycles. The molecule has 1 fully saturated rings. The van der Waals surface area contributed by atoms with Crippen molar-refractivity contribution in [3.8, 4) is 0 Å².